The number of thioether (sulfide) groups is 1. The van der Waals surface area contributed by atoms with Crippen LogP contribution in [-0.4, -0.2) is 30.7 Å². The molecule has 0 saturated carbocycles. The van der Waals surface area contributed by atoms with Gasteiger partial charge in [-0.25, -0.2) is 13.4 Å². The molecular weight excluding hydrogens is 232 g/mol. The van der Waals surface area contributed by atoms with E-state index in [-0.39, 0.29) is 11.5 Å². The molecule has 2 N–H and O–H groups in total. The molecule has 0 saturated heterocycles. The first-order chi connectivity index (χ1) is 7.03. The van der Waals surface area contributed by atoms with Crippen LogP contribution in [0, 0.1) is 0 Å². The van der Waals surface area contributed by atoms with Gasteiger partial charge in [0, 0.05) is 11.5 Å². The molecule has 0 bridgehead atoms. The molecule has 0 aliphatic heterocycles. The fourth-order valence-corrected chi connectivity index (χ4v) is 3.03. The molecule has 1 aromatic rings. The Hall–Kier alpha value is -0.750. The van der Waals surface area contributed by atoms with Crippen molar-refractivity contribution in [3.05, 3.63) is 18.3 Å². The van der Waals surface area contributed by atoms with Crippen molar-refractivity contribution in [3.8, 4) is 0 Å². The summed E-state index contributed by atoms with van der Waals surface area (Å²) >= 11 is 1.43. The van der Waals surface area contributed by atoms with Gasteiger partial charge in [-0.3, -0.25) is 0 Å². The van der Waals surface area contributed by atoms with Crippen molar-refractivity contribution in [2.45, 2.75) is 11.9 Å². The predicted molar refractivity (Wildman–Crippen MR) is 63.7 cm³/mol. The average Bonchev–Trinajstić information content (AvgIpc) is 2.21. The van der Waals surface area contributed by atoms with Crippen LogP contribution in [0.25, 0.3) is 0 Å². The Morgan fingerprint density at radius 1 is 1.47 bits per heavy atom. The Morgan fingerprint density at radius 3 is 2.73 bits per heavy atom. The third-order valence-corrected chi connectivity index (χ3v) is 4.75. The summed E-state index contributed by atoms with van der Waals surface area (Å²) in [7, 11) is -2.87. The minimum atomic E-state index is -2.87. The van der Waals surface area contributed by atoms with Crippen molar-refractivity contribution in [1.82, 2.24) is 4.98 Å². The van der Waals surface area contributed by atoms with Gasteiger partial charge in [-0.2, -0.15) is 0 Å². The number of anilines is 1. The third kappa shape index (κ3) is 4.53. The van der Waals surface area contributed by atoms with E-state index in [2.05, 4.69) is 4.98 Å². The number of nitrogen functional groups attached to an aromatic ring is 1. The number of nitrogens with zero attached hydrogens (tertiary/aromatic N) is 1. The van der Waals surface area contributed by atoms with Gasteiger partial charge < -0.3 is 5.73 Å². The molecule has 0 fully saturated rings. The SMILES string of the molecule is CCS(=O)(=O)CCSc1ccc(N)cn1. The van der Waals surface area contributed by atoms with E-state index in [4.69, 9.17) is 5.73 Å². The highest BCUT2D eigenvalue weighted by molar-refractivity contribution is 8.00. The second-order valence-corrected chi connectivity index (χ2v) is 6.60. The molecule has 6 heteroatoms. The predicted octanol–water partition coefficient (Wildman–Crippen LogP) is 1.19. The van der Waals surface area contributed by atoms with Gasteiger partial charge in [0.15, 0.2) is 9.84 Å². The maximum absolute atomic E-state index is 11.2. The van der Waals surface area contributed by atoms with Crippen molar-refractivity contribution < 1.29 is 8.42 Å². The number of nitrogens with two attached hydrogens (primary N) is 1. The molecule has 0 aliphatic rings. The van der Waals surface area contributed by atoms with Crippen molar-refractivity contribution >= 4 is 27.3 Å². The number of hydrogen-bond donors (Lipinski definition) is 1. The second kappa shape index (κ2) is 5.37. The van der Waals surface area contributed by atoms with Crippen LogP contribution in [-0.2, 0) is 9.84 Å². The topological polar surface area (TPSA) is 73.0 Å². The molecule has 0 aliphatic carbocycles. The molecule has 0 radical (unpaired) electrons. The molecule has 0 aromatic carbocycles. The quantitative estimate of drug-likeness (QED) is 0.790. The maximum atomic E-state index is 11.2. The third-order valence-electron chi connectivity index (χ3n) is 1.84. The van der Waals surface area contributed by atoms with E-state index in [0.29, 0.717) is 11.4 Å². The normalized spacial score (nSPS) is 11.5. The maximum Gasteiger partial charge on any atom is 0.150 e. The lowest BCUT2D eigenvalue weighted by atomic mass is 10.4. The summed E-state index contributed by atoms with van der Waals surface area (Å²) in [4.78, 5) is 4.07. The molecule has 15 heavy (non-hydrogen) atoms. The second-order valence-electron chi connectivity index (χ2n) is 3.01. The standard InChI is InChI=1S/C9H14N2O2S2/c1-2-15(12,13)6-5-14-9-4-3-8(10)7-11-9/h3-4,7H,2,5-6,10H2,1H3. The zero-order chi connectivity index (χ0) is 11.3. The highest BCUT2D eigenvalue weighted by Gasteiger charge is 2.07. The van der Waals surface area contributed by atoms with Gasteiger partial charge >= 0.3 is 0 Å². The Kier molecular flexibility index (Phi) is 4.41. The minimum Gasteiger partial charge on any atom is -0.397 e. The molecule has 0 atom stereocenters. The molecule has 84 valence electrons. The Labute approximate surface area is 94.2 Å². The molecule has 0 amide bonds. The van der Waals surface area contributed by atoms with Crippen LogP contribution < -0.4 is 5.73 Å². The summed E-state index contributed by atoms with van der Waals surface area (Å²) in [6, 6.07) is 3.54. The van der Waals surface area contributed by atoms with Gasteiger partial charge in [0.05, 0.1) is 22.7 Å². The summed E-state index contributed by atoms with van der Waals surface area (Å²) in [5.41, 5.74) is 6.09. The van der Waals surface area contributed by atoms with Crippen LogP contribution in [0.3, 0.4) is 0 Å². The van der Waals surface area contributed by atoms with Gasteiger partial charge in [-0.15, -0.1) is 11.8 Å². The first kappa shape index (κ1) is 12.3. The van der Waals surface area contributed by atoms with Crippen LogP contribution in [0.15, 0.2) is 23.4 Å². The first-order valence-corrected chi connectivity index (χ1v) is 7.39. The van der Waals surface area contributed by atoms with Crippen LogP contribution in [0.2, 0.25) is 0 Å². The molecular formula is C9H14N2O2S2. The molecule has 1 heterocycles. The molecule has 0 spiro atoms. The number of pyridine rings is 1. The smallest absolute Gasteiger partial charge is 0.150 e. The highest BCUT2D eigenvalue weighted by atomic mass is 32.2. The summed E-state index contributed by atoms with van der Waals surface area (Å²) in [6.07, 6.45) is 1.57. The van der Waals surface area contributed by atoms with E-state index in [9.17, 15) is 8.42 Å². The Bertz CT molecular complexity index is 401. The van der Waals surface area contributed by atoms with Gasteiger partial charge in [-0.05, 0) is 12.1 Å². The van der Waals surface area contributed by atoms with E-state index in [0.717, 1.165) is 5.03 Å². The van der Waals surface area contributed by atoms with Gasteiger partial charge in [-0.1, -0.05) is 6.92 Å². The Balaban J connectivity index is 2.42. The molecule has 0 unspecified atom stereocenters. The lowest BCUT2D eigenvalue weighted by Gasteiger charge is -2.01. The number of aromatic nitrogens is 1. The molecule has 4 nitrogen and oxygen atoms in total. The van der Waals surface area contributed by atoms with Crippen LogP contribution >= 0.6 is 11.8 Å². The van der Waals surface area contributed by atoms with E-state index in [1.807, 2.05) is 0 Å². The van der Waals surface area contributed by atoms with Crippen molar-refractivity contribution in [2.75, 3.05) is 23.0 Å². The summed E-state index contributed by atoms with van der Waals surface area (Å²) < 4.78 is 22.4. The van der Waals surface area contributed by atoms with Crippen LogP contribution in [0.4, 0.5) is 5.69 Å². The fraction of sp³-hybridized carbons (Fsp3) is 0.444. The summed E-state index contributed by atoms with van der Waals surface area (Å²) in [5, 5.41) is 0.801. The van der Waals surface area contributed by atoms with Crippen molar-refractivity contribution in [3.63, 3.8) is 0 Å². The minimum absolute atomic E-state index is 0.195. The first-order valence-electron chi connectivity index (χ1n) is 4.58. The molecule has 1 rings (SSSR count). The summed E-state index contributed by atoms with van der Waals surface area (Å²) in [5.74, 6) is 0.927. The fourth-order valence-electron chi connectivity index (χ4n) is 0.895. The number of rotatable bonds is 5. The lowest BCUT2D eigenvalue weighted by molar-refractivity contribution is 0.599. The zero-order valence-corrected chi connectivity index (χ0v) is 10.1. The number of sulfone groups is 1. The Morgan fingerprint density at radius 2 is 2.20 bits per heavy atom. The zero-order valence-electron chi connectivity index (χ0n) is 8.51. The highest BCUT2D eigenvalue weighted by Crippen LogP contribution is 2.16. The van der Waals surface area contributed by atoms with Gasteiger partial charge in [0.2, 0.25) is 0 Å². The lowest BCUT2D eigenvalue weighted by Crippen LogP contribution is -2.10. The van der Waals surface area contributed by atoms with Crippen molar-refractivity contribution in [2.24, 2.45) is 0 Å². The van der Waals surface area contributed by atoms with E-state index < -0.39 is 9.84 Å². The van der Waals surface area contributed by atoms with E-state index >= 15 is 0 Å². The monoisotopic (exact) mass is 246 g/mol. The van der Waals surface area contributed by atoms with E-state index in [1.54, 1.807) is 25.3 Å². The largest absolute Gasteiger partial charge is 0.397 e. The molecule has 1 aromatic heterocycles. The van der Waals surface area contributed by atoms with E-state index in [1.165, 1.54) is 11.8 Å². The average molecular weight is 246 g/mol. The van der Waals surface area contributed by atoms with Gasteiger partial charge in [0.1, 0.15) is 0 Å². The van der Waals surface area contributed by atoms with Crippen LogP contribution in [0.1, 0.15) is 6.92 Å². The van der Waals surface area contributed by atoms with Crippen LogP contribution in [0.5, 0.6) is 0 Å². The summed E-state index contributed by atoms with van der Waals surface area (Å²) in [6.45, 7) is 1.65. The van der Waals surface area contributed by atoms with Crippen molar-refractivity contribution in [1.29, 1.82) is 0 Å². The number of hydrogen-bond acceptors (Lipinski definition) is 5. The van der Waals surface area contributed by atoms with Gasteiger partial charge in [0.25, 0.3) is 0 Å².